The second kappa shape index (κ2) is 6.30. The third-order valence-corrected chi connectivity index (χ3v) is 2.00. The van der Waals surface area contributed by atoms with Gasteiger partial charge in [-0.15, -0.1) is 0 Å². The first-order valence-corrected chi connectivity index (χ1v) is 4.98. The van der Waals surface area contributed by atoms with E-state index in [1.54, 1.807) is 0 Å². The van der Waals surface area contributed by atoms with Crippen LogP contribution in [0.5, 0.6) is 5.75 Å². The van der Waals surface area contributed by atoms with E-state index in [0.29, 0.717) is 12.3 Å². The molecule has 0 bridgehead atoms. The highest BCUT2D eigenvalue weighted by Crippen LogP contribution is 2.24. The summed E-state index contributed by atoms with van der Waals surface area (Å²) in [7, 11) is 0. The van der Waals surface area contributed by atoms with Crippen LogP contribution < -0.4 is 10.1 Å². The number of ether oxygens (including phenoxy) is 1. The Kier molecular flexibility index (Phi) is 5.01. The molecular formula is C10H11ClFNO3. The highest BCUT2D eigenvalue weighted by Gasteiger charge is 2.02. The molecule has 0 aliphatic heterocycles. The van der Waals surface area contributed by atoms with E-state index in [-0.39, 0.29) is 18.2 Å². The van der Waals surface area contributed by atoms with Crippen LogP contribution in [0.25, 0.3) is 0 Å². The fourth-order valence-corrected chi connectivity index (χ4v) is 1.24. The zero-order chi connectivity index (χ0) is 12.0. The minimum Gasteiger partial charge on any atom is -0.491 e. The van der Waals surface area contributed by atoms with Crippen molar-refractivity contribution in [2.75, 3.05) is 19.7 Å². The zero-order valence-corrected chi connectivity index (χ0v) is 9.13. The predicted octanol–water partition coefficient (Wildman–Crippen LogP) is 1.53. The summed E-state index contributed by atoms with van der Waals surface area (Å²) < 4.78 is 17.9. The normalized spacial score (nSPS) is 10.1. The highest BCUT2D eigenvalue weighted by atomic mass is 35.5. The fraction of sp³-hybridized carbons (Fsp3) is 0.300. The molecule has 0 unspecified atom stereocenters. The van der Waals surface area contributed by atoms with Crippen molar-refractivity contribution in [1.29, 1.82) is 0 Å². The molecule has 0 heterocycles. The Hall–Kier alpha value is -1.33. The second-order valence-corrected chi connectivity index (χ2v) is 3.40. The molecule has 0 radical (unpaired) electrons. The molecule has 16 heavy (non-hydrogen) atoms. The van der Waals surface area contributed by atoms with Crippen molar-refractivity contribution in [3.05, 3.63) is 29.0 Å². The molecule has 4 nitrogen and oxygen atoms in total. The summed E-state index contributed by atoms with van der Waals surface area (Å²) in [5, 5.41) is 11.2. The summed E-state index contributed by atoms with van der Waals surface area (Å²) in [6.07, 6.45) is 0. The predicted molar refractivity (Wildman–Crippen MR) is 57.4 cm³/mol. The molecule has 1 aromatic carbocycles. The van der Waals surface area contributed by atoms with E-state index < -0.39 is 11.8 Å². The second-order valence-electron chi connectivity index (χ2n) is 2.99. The summed E-state index contributed by atoms with van der Waals surface area (Å²) >= 11 is 5.71. The number of rotatable bonds is 6. The van der Waals surface area contributed by atoms with Crippen molar-refractivity contribution < 1.29 is 19.0 Å². The van der Waals surface area contributed by atoms with Crippen LogP contribution in [0.1, 0.15) is 0 Å². The first-order chi connectivity index (χ1) is 7.59. The Morgan fingerprint density at radius 2 is 2.31 bits per heavy atom. The Morgan fingerprint density at radius 3 is 2.94 bits per heavy atom. The molecule has 0 aliphatic rings. The molecule has 88 valence electrons. The van der Waals surface area contributed by atoms with Crippen LogP contribution in [-0.2, 0) is 4.79 Å². The van der Waals surface area contributed by atoms with E-state index in [2.05, 4.69) is 5.32 Å². The monoisotopic (exact) mass is 247 g/mol. The van der Waals surface area contributed by atoms with Gasteiger partial charge < -0.3 is 15.2 Å². The average Bonchev–Trinajstić information content (AvgIpc) is 2.20. The molecule has 0 spiro atoms. The van der Waals surface area contributed by atoms with E-state index >= 15 is 0 Å². The van der Waals surface area contributed by atoms with Crippen molar-refractivity contribution in [3.63, 3.8) is 0 Å². The van der Waals surface area contributed by atoms with Gasteiger partial charge in [0.15, 0.2) is 0 Å². The Balaban J connectivity index is 2.29. The topological polar surface area (TPSA) is 58.6 Å². The number of nitrogens with one attached hydrogen (secondary N) is 1. The molecule has 0 saturated carbocycles. The summed E-state index contributed by atoms with van der Waals surface area (Å²) in [5.41, 5.74) is 0. The molecule has 1 aromatic rings. The first kappa shape index (κ1) is 12.7. The average molecular weight is 248 g/mol. The lowest BCUT2D eigenvalue weighted by Gasteiger charge is -2.07. The lowest BCUT2D eigenvalue weighted by atomic mass is 10.3. The smallest absolute Gasteiger partial charge is 0.317 e. The van der Waals surface area contributed by atoms with Gasteiger partial charge in [0.25, 0.3) is 0 Å². The molecule has 2 N–H and O–H groups in total. The maximum absolute atomic E-state index is 12.7. The molecule has 1 rings (SSSR count). The summed E-state index contributed by atoms with van der Waals surface area (Å²) in [6, 6.07) is 3.82. The van der Waals surface area contributed by atoms with Gasteiger partial charge in [0.2, 0.25) is 0 Å². The number of hydrogen-bond acceptors (Lipinski definition) is 3. The number of benzene rings is 1. The van der Waals surface area contributed by atoms with Crippen LogP contribution in [0.3, 0.4) is 0 Å². The maximum Gasteiger partial charge on any atom is 0.317 e. The van der Waals surface area contributed by atoms with Gasteiger partial charge >= 0.3 is 5.97 Å². The fourth-order valence-electron chi connectivity index (χ4n) is 1.02. The maximum atomic E-state index is 12.7. The Morgan fingerprint density at radius 1 is 1.56 bits per heavy atom. The van der Waals surface area contributed by atoms with Crippen molar-refractivity contribution in [2.24, 2.45) is 0 Å². The van der Waals surface area contributed by atoms with Crippen molar-refractivity contribution in [3.8, 4) is 5.75 Å². The Bertz CT molecular complexity index is 373. The van der Waals surface area contributed by atoms with Crippen LogP contribution in [0, 0.1) is 5.82 Å². The summed E-state index contributed by atoms with van der Waals surface area (Å²) in [4.78, 5) is 10.2. The van der Waals surface area contributed by atoms with E-state index in [9.17, 15) is 9.18 Å². The number of hydrogen-bond donors (Lipinski definition) is 2. The number of carboxylic acid groups (broad SMARTS) is 1. The standard InChI is InChI=1S/C10H11ClFNO3/c11-8-5-7(12)1-2-9(8)16-4-3-13-6-10(14)15/h1-2,5,13H,3-4,6H2,(H,14,15). The first-order valence-electron chi connectivity index (χ1n) is 4.60. The number of aliphatic carboxylic acids is 1. The number of carbonyl (C=O) groups is 1. The van der Waals surface area contributed by atoms with Crippen molar-refractivity contribution in [1.82, 2.24) is 5.32 Å². The van der Waals surface area contributed by atoms with Gasteiger partial charge in [-0.05, 0) is 18.2 Å². The number of carboxylic acids is 1. The molecule has 0 atom stereocenters. The van der Waals surface area contributed by atoms with Crippen LogP contribution in [-0.4, -0.2) is 30.8 Å². The lowest BCUT2D eigenvalue weighted by Crippen LogP contribution is -2.26. The van der Waals surface area contributed by atoms with Crippen molar-refractivity contribution in [2.45, 2.75) is 0 Å². The van der Waals surface area contributed by atoms with Gasteiger partial charge in [0, 0.05) is 6.54 Å². The van der Waals surface area contributed by atoms with E-state index in [0.717, 1.165) is 6.07 Å². The van der Waals surface area contributed by atoms with E-state index in [1.807, 2.05) is 0 Å². The molecular weight excluding hydrogens is 237 g/mol. The minimum atomic E-state index is -0.931. The summed E-state index contributed by atoms with van der Waals surface area (Å²) in [6.45, 7) is 0.513. The van der Waals surface area contributed by atoms with Crippen molar-refractivity contribution >= 4 is 17.6 Å². The molecule has 0 aromatic heterocycles. The molecule has 0 saturated heterocycles. The molecule has 0 amide bonds. The third kappa shape index (κ3) is 4.46. The molecule has 0 fully saturated rings. The van der Waals surface area contributed by atoms with Gasteiger partial charge in [-0.1, -0.05) is 11.6 Å². The highest BCUT2D eigenvalue weighted by molar-refractivity contribution is 6.32. The summed E-state index contributed by atoms with van der Waals surface area (Å²) in [5.74, 6) is -0.985. The van der Waals surface area contributed by atoms with Crippen LogP contribution in [0.2, 0.25) is 5.02 Å². The van der Waals surface area contributed by atoms with Crippen LogP contribution in [0.4, 0.5) is 4.39 Å². The molecule has 0 aliphatic carbocycles. The van der Waals surface area contributed by atoms with Gasteiger partial charge in [-0.2, -0.15) is 0 Å². The van der Waals surface area contributed by atoms with Gasteiger partial charge in [0.1, 0.15) is 18.2 Å². The van der Waals surface area contributed by atoms with Gasteiger partial charge in [-0.3, -0.25) is 4.79 Å². The minimum absolute atomic E-state index is 0.124. The van der Waals surface area contributed by atoms with Crippen LogP contribution >= 0.6 is 11.6 Å². The van der Waals surface area contributed by atoms with Gasteiger partial charge in [-0.25, -0.2) is 4.39 Å². The van der Waals surface area contributed by atoms with Crippen LogP contribution in [0.15, 0.2) is 18.2 Å². The van der Waals surface area contributed by atoms with E-state index in [4.69, 9.17) is 21.4 Å². The van der Waals surface area contributed by atoms with Gasteiger partial charge in [0.05, 0.1) is 11.6 Å². The molecule has 6 heteroatoms. The van der Waals surface area contributed by atoms with E-state index in [1.165, 1.54) is 12.1 Å². The number of halogens is 2. The zero-order valence-electron chi connectivity index (χ0n) is 8.37. The SMILES string of the molecule is O=C(O)CNCCOc1ccc(F)cc1Cl. The largest absolute Gasteiger partial charge is 0.491 e. The Labute approximate surface area is 97.0 Å². The third-order valence-electron chi connectivity index (χ3n) is 1.71. The quantitative estimate of drug-likeness (QED) is 0.749. The lowest BCUT2D eigenvalue weighted by molar-refractivity contribution is -0.135.